The maximum atomic E-state index is 13.4. The number of aryl methyl sites for hydroxylation is 2. The summed E-state index contributed by atoms with van der Waals surface area (Å²) in [4.78, 5) is 10.2. The molecule has 202 valence electrons. The number of aliphatic hydroxyl groups is 1. The number of carboxylic acids is 1. The van der Waals surface area contributed by atoms with Crippen molar-refractivity contribution in [2.75, 3.05) is 20.1 Å². The topological polar surface area (TPSA) is 107 Å². The minimum absolute atomic E-state index is 0.0504. The van der Waals surface area contributed by atoms with E-state index in [1.165, 1.54) is 12.6 Å². The van der Waals surface area contributed by atoms with Crippen molar-refractivity contribution < 1.29 is 36.6 Å². The van der Waals surface area contributed by atoms with Crippen molar-refractivity contribution in [2.45, 2.75) is 68.7 Å². The summed E-state index contributed by atoms with van der Waals surface area (Å²) in [6, 6.07) is 4.40. The van der Waals surface area contributed by atoms with Gasteiger partial charge in [-0.05, 0) is 85.7 Å². The Bertz CT molecular complexity index is 1100. The predicted molar refractivity (Wildman–Crippen MR) is 133 cm³/mol. The molecular weight excluding hydrogens is 517 g/mol. The Kier molecular flexibility index (Phi) is 10.5. The molecule has 0 fully saturated rings. The van der Waals surface area contributed by atoms with Crippen molar-refractivity contribution in [3.8, 4) is 0 Å². The summed E-state index contributed by atoms with van der Waals surface area (Å²) in [7, 11) is -3.19. The molecule has 2 rings (SSSR count). The highest BCUT2D eigenvalue weighted by Gasteiger charge is 2.34. The first-order valence-electron chi connectivity index (χ1n) is 11.4. The zero-order valence-corrected chi connectivity index (χ0v) is 22.1. The van der Waals surface area contributed by atoms with Gasteiger partial charge in [-0.2, -0.15) is 28.8 Å². The number of carboxylic acid groups (broad SMARTS) is 1. The van der Waals surface area contributed by atoms with Crippen LogP contribution >= 0.6 is 11.3 Å². The Morgan fingerprint density at radius 1 is 1.17 bits per heavy atom. The van der Waals surface area contributed by atoms with Gasteiger partial charge in [-0.15, -0.1) is 0 Å². The van der Waals surface area contributed by atoms with Crippen LogP contribution in [-0.2, 0) is 33.8 Å². The van der Waals surface area contributed by atoms with Crippen molar-refractivity contribution in [1.82, 2.24) is 9.62 Å². The molecule has 7 nitrogen and oxygen atoms in total. The highest BCUT2D eigenvalue weighted by molar-refractivity contribution is 7.89. The van der Waals surface area contributed by atoms with E-state index in [9.17, 15) is 31.5 Å². The van der Waals surface area contributed by atoms with Crippen LogP contribution in [0.3, 0.4) is 0 Å². The van der Waals surface area contributed by atoms with E-state index in [1.807, 2.05) is 19.2 Å². The van der Waals surface area contributed by atoms with Crippen molar-refractivity contribution in [3.05, 3.63) is 51.7 Å². The lowest BCUT2D eigenvalue weighted by Gasteiger charge is -2.29. The number of rotatable bonds is 14. The standard InChI is InChI=1S/C24H33F3N2O5S2/c1-23(2,9-4-5-17-8-10-35-16-17)28-14-20(30)15-29(3)36(33,34)21-12-18(6-7-22(31)32)11-19(13-21)24(25,26)27/h8,10-13,16,20,28,30H,4-7,9,14-15H2,1-3H3,(H,31,32)/t20-/m1/s1. The molecule has 0 bridgehead atoms. The van der Waals surface area contributed by atoms with E-state index >= 15 is 0 Å². The molecule has 0 unspecified atom stereocenters. The first-order chi connectivity index (χ1) is 16.6. The zero-order chi connectivity index (χ0) is 27.1. The van der Waals surface area contributed by atoms with Crippen molar-refractivity contribution in [2.24, 2.45) is 0 Å². The van der Waals surface area contributed by atoms with Gasteiger partial charge in [0.15, 0.2) is 0 Å². The molecule has 1 aromatic heterocycles. The average Bonchev–Trinajstić information content (AvgIpc) is 3.29. The predicted octanol–water partition coefficient (Wildman–Crippen LogP) is 4.16. The van der Waals surface area contributed by atoms with Crippen LogP contribution in [0.15, 0.2) is 39.9 Å². The van der Waals surface area contributed by atoms with Gasteiger partial charge in [-0.25, -0.2) is 8.42 Å². The van der Waals surface area contributed by atoms with Crippen LogP contribution in [0.1, 0.15) is 49.8 Å². The number of benzene rings is 1. The lowest BCUT2D eigenvalue weighted by atomic mass is 9.96. The number of aliphatic carboxylic acids is 1. The van der Waals surface area contributed by atoms with E-state index < -0.39 is 45.2 Å². The summed E-state index contributed by atoms with van der Waals surface area (Å²) >= 11 is 1.64. The maximum absolute atomic E-state index is 13.4. The van der Waals surface area contributed by atoms with Gasteiger partial charge in [0.1, 0.15) is 0 Å². The molecule has 1 heterocycles. The first-order valence-corrected chi connectivity index (χ1v) is 13.8. The highest BCUT2D eigenvalue weighted by atomic mass is 32.2. The van der Waals surface area contributed by atoms with Gasteiger partial charge >= 0.3 is 12.1 Å². The first kappa shape index (κ1) is 30.2. The van der Waals surface area contributed by atoms with Crippen LogP contribution in [0.25, 0.3) is 0 Å². The number of hydrogen-bond donors (Lipinski definition) is 3. The summed E-state index contributed by atoms with van der Waals surface area (Å²) in [5.41, 5.74) is -0.271. The molecule has 12 heteroatoms. The number of aliphatic hydroxyl groups excluding tert-OH is 1. The average molecular weight is 551 g/mol. The number of β-amino-alcohol motifs (C(OH)–C–C–N with tert-alkyl or cyclic N) is 1. The van der Waals surface area contributed by atoms with Crippen LogP contribution in [0.5, 0.6) is 0 Å². The normalized spacial score (nSPS) is 13.8. The second-order valence-corrected chi connectivity index (χ2v) is 12.3. The fourth-order valence-corrected chi connectivity index (χ4v) is 5.67. The van der Waals surface area contributed by atoms with Crippen LogP contribution in [0.2, 0.25) is 0 Å². The monoisotopic (exact) mass is 550 g/mol. The maximum Gasteiger partial charge on any atom is 0.416 e. The Morgan fingerprint density at radius 2 is 1.86 bits per heavy atom. The smallest absolute Gasteiger partial charge is 0.416 e. The van der Waals surface area contributed by atoms with E-state index in [0.717, 1.165) is 35.7 Å². The van der Waals surface area contributed by atoms with Crippen molar-refractivity contribution in [1.29, 1.82) is 0 Å². The summed E-state index contributed by atoms with van der Waals surface area (Å²) in [6.45, 7) is 3.73. The number of likely N-dealkylation sites (N-methyl/N-ethyl adjacent to an activating group) is 1. The Balaban J connectivity index is 2.03. The number of nitrogens with zero attached hydrogens (tertiary/aromatic N) is 1. The van der Waals surface area contributed by atoms with E-state index in [-0.39, 0.29) is 30.6 Å². The summed E-state index contributed by atoms with van der Waals surface area (Å²) < 4.78 is 66.9. The minimum atomic E-state index is -4.81. The minimum Gasteiger partial charge on any atom is -0.481 e. The second kappa shape index (κ2) is 12.5. The van der Waals surface area contributed by atoms with Crippen LogP contribution in [-0.4, -0.2) is 60.7 Å². The number of carbonyl (C=O) groups is 1. The number of alkyl halides is 3. The Labute approximate surface area is 214 Å². The largest absolute Gasteiger partial charge is 0.481 e. The number of sulfonamides is 1. The molecule has 3 N–H and O–H groups in total. The fourth-order valence-electron chi connectivity index (χ4n) is 3.66. The molecule has 0 saturated carbocycles. The van der Waals surface area contributed by atoms with Gasteiger partial charge in [-0.1, -0.05) is 0 Å². The summed E-state index contributed by atoms with van der Waals surface area (Å²) in [6.07, 6.45) is -3.90. The van der Waals surface area contributed by atoms with E-state index in [1.54, 1.807) is 11.3 Å². The molecule has 1 aromatic carbocycles. The van der Waals surface area contributed by atoms with Crippen LogP contribution < -0.4 is 5.32 Å². The molecule has 0 spiro atoms. The highest BCUT2D eigenvalue weighted by Crippen LogP contribution is 2.32. The number of halogens is 3. The number of nitrogens with one attached hydrogen (secondary N) is 1. The Morgan fingerprint density at radius 3 is 2.44 bits per heavy atom. The van der Waals surface area contributed by atoms with Gasteiger partial charge in [-0.3, -0.25) is 4.79 Å². The van der Waals surface area contributed by atoms with Crippen molar-refractivity contribution in [3.63, 3.8) is 0 Å². The van der Waals surface area contributed by atoms with Gasteiger partial charge in [0.05, 0.1) is 16.6 Å². The summed E-state index contributed by atoms with van der Waals surface area (Å²) in [5, 5.41) is 26.6. The number of thiophene rings is 1. The zero-order valence-electron chi connectivity index (χ0n) is 20.5. The number of hydrogen-bond acceptors (Lipinski definition) is 6. The van der Waals surface area contributed by atoms with Gasteiger partial charge in [0, 0.05) is 32.1 Å². The lowest BCUT2D eigenvalue weighted by Crippen LogP contribution is -2.46. The fraction of sp³-hybridized carbons (Fsp3) is 0.542. The molecule has 0 aliphatic rings. The molecule has 1 atom stereocenters. The molecule has 36 heavy (non-hydrogen) atoms. The van der Waals surface area contributed by atoms with E-state index in [4.69, 9.17) is 5.11 Å². The SMILES string of the molecule is CN(C[C@H](O)CNC(C)(C)CCCc1ccsc1)S(=O)(=O)c1cc(CCC(=O)O)cc(C(F)(F)F)c1. The third kappa shape index (κ3) is 9.47. The van der Waals surface area contributed by atoms with E-state index in [0.29, 0.717) is 6.07 Å². The second-order valence-electron chi connectivity index (χ2n) is 9.45. The lowest BCUT2D eigenvalue weighted by molar-refractivity contribution is -0.138. The van der Waals surface area contributed by atoms with Crippen molar-refractivity contribution >= 4 is 27.3 Å². The van der Waals surface area contributed by atoms with Gasteiger partial charge in [0.25, 0.3) is 0 Å². The molecular formula is C24H33F3N2O5S2. The Hall–Kier alpha value is -1.99. The van der Waals surface area contributed by atoms with Crippen LogP contribution in [0.4, 0.5) is 13.2 Å². The molecule has 0 saturated heterocycles. The summed E-state index contributed by atoms with van der Waals surface area (Å²) in [5.74, 6) is -1.21. The molecule has 2 aromatic rings. The van der Waals surface area contributed by atoms with Crippen LogP contribution in [0, 0.1) is 0 Å². The molecule has 0 radical (unpaired) electrons. The third-order valence-corrected chi connectivity index (χ3v) is 8.29. The quantitative estimate of drug-likeness (QED) is 0.326. The third-order valence-electron chi connectivity index (χ3n) is 5.76. The van der Waals surface area contributed by atoms with Gasteiger partial charge < -0.3 is 15.5 Å². The van der Waals surface area contributed by atoms with Gasteiger partial charge in [0.2, 0.25) is 10.0 Å². The molecule has 0 amide bonds. The molecule has 0 aliphatic carbocycles. The van der Waals surface area contributed by atoms with E-state index in [2.05, 4.69) is 16.8 Å². The molecule has 0 aliphatic heterocycles.